The van der Waals surface area contributed by atoms with Gasteiger partial charge in [0, 0.05) is 38.3 Å². The molecule has 3 N–H and O–H groups in total. The third kappa shape index (κ3) is 38.3. The summed E-state index contributed by atoms with van der Waals surface area (Å²) < 4.78 is 11.9. The van der Waals surface area contributed by atoms with Gasteiger partial charge in [0.05, 0.1) is 18.3 Å². The molecule has 1 aromatic heterocycles. The van der Waals surface area contributed by atoms with Crippen molar-refractivity contribution in [3.63, 3.8) is 0 Å². The van der Waals surface area contributed by atoms with E-state index in [1.165, 1.54) is 128 Å². The van der Waals surface area contributed by atoms with E-state index in [-0.39, 0.29) is 23.9 Å². The van der Waals surface area contributed by atoms with Gasteiger partial charge in [0.1, 0.15) is 6.10 Å². The highest BCUT2D eigenvalue weighted by atomic mass is 16.5. The van der Waals surface area contributed by atoms with Crippen LogP contribution < -0.4 is 5.32 Å². The highest BCUT2D eigenvalue weighted by Gasteiger charge is 2.16. The van der Waals surface area contributed by atoms with Crippen molar-refractivity contribution in [2.24, 2.45) is 5.92 Å². The van der Waals surface area contributed by atoms with Crippen LogP contribution in [-0.2, 0) is 19.1 Å². The van der Waals surface area contributed by atoms with Crippen molar-refractivity contribution in [3.05, 3.63) is 24.0 Å². The van der Waals surface area contributed by atoms with E-state index < -0.39 is 6.10 Å². The topological polar surface area (TPSA) is 121 Å². The number of nitrogens with one attached hydrogen (secondary N) is 2. The van der Waals surface area contributed by atoms with E-state index in [1.807, 2.05) is 0 Å². The molecule has 0 aromatic carbocycles. The summed E-state index contributed by atoms with van der Waals surface area (Å²) in [6, 6.07) is 1.77. The number of esters is 2. The Bertz CT molecular complexity index is 1170. The van der Waals surface area contributed by atoms with Crippen LogP contribution in [-0.4, -0.2) is 77.8 Å². The monoisotopic (exact) mass is 916 g/mol. The quantitative estimate of drug-likeness (QED) is 0.0440. The van der Waals surface area contributed by atoms with E-state index in [4.69, 9.17) is 9.47 Å². The number of amides is 1. The molecule has 1 unspecified atom stereocenters. The standard InChI is InChI=1S/C56H105N3O6/c1-5-9-13-17-20-27-38-53(39-28-21-18-14-10-6-2)65-55(62)41-29-22-19-23-33-45-59(48-52(60)37-31-32-43-58-56(63)51-42-44-57-47-51)46-34-24-30-40-54(61)64-49-50(35-25-15-11-7-3)36-26-16-12-8-4/h42,44,47,50,52-53,57,60H,5-41,43,45-46,48-49H2,1-4H3,(H,58,63). The zero-order valence-electron chi connectivity index (χ0n) is 43.1. The molecular weight excluding hydrogens is 811 g/mol. The number of rotatable bonds is 49. The van der Waals surface area contributed by atoms with E-state index in [9.17, 15) is 19.5 Å². The lowest BCUT2D eigenvalue weighted by atomic mass is 9.95. The van der Waals surface area contributed by atoms with Gasteiger partial charge < -0.3 is 29.8 Å². The van der Waals surface area contributed by atoms with Gasteiger partial charge in [-0.3, -0.25) is 14.4 Å². The predicted octanol–water partition coefficient (Wildman–Crippen LogP) is 15.0. The maximum Gasteiger partial charge on any atom is 0.306 e. The number of ether oxygens (including phenoxy) is 2. The molecule has 0 aliphatic heterocycles. The molecule has 0 aliphatic carbocycles. The second kappa shape index (κ2) is 45.4. The van der Waals surface area contributed by atoms with Crippen LogP contribution in [0.3, 0.4) is 0 Å². The summed E-state index contributed by atoms with van der Waals surface area (Å²) in [5.41, 5.74) is 0.636. The van der Waals surface area contributed by atoms with Crippen LogP contribution in [0.1, 0.15) is 276 Å². The van der Waals surface area contributed by atoms with Gasteiger partial charge in [-0.2, -0.15) is 0 Å². The Labute approximate surface area is 400 Å². The maximum absolute atomic E-state index is 12.9. The fourth-order valence-electron chi connectivity index (χ4n) is 9.00. The molecule has 380 valence electrons. The average molecular weight is 916 g/mol. The minimum atomic E-state index is -0.417. The summed E-state index contributed by atoms with van der Waals surface area (Å²) in [6.45, 7) is 12.7. The number of nitrogens with zero attached hydrogens (tertiary/aromatic N) is 1. The third-order valence-electron chi connectivity index (χ3n) is 13.3. The molecule has 65 heavy (non-hydrogen) atoms. The molecule has 1 atom stereocenters. The summed E-state index contributed by atoms with van der Waals surface area (Å²) in [5.74, 6) is 0.354. The summed E-state index contributed by atoms with van der Waals surface area (Å²) in [7, 11) is 0. The molecule has 0 bridgehead atoms. The Kier molecular flexibility index (Phi) is 42.3. The van der Waals surface area contributed by atoms with E-state index in [2.05, 4.69) is 42.9 Å². The first-order valence-corrected chi connectivity index (χ1v) is 28.0. The average Bonchev–Trinajstić information content (AvgIpc) is 3.85. The van der Waals surface area contributed by atoms with Crippen LogP contribution >= 0.6 is 0 Å². The summed E-state index contributed by atoms with van der Waals surface area (Å²) in [4.78, 5) is 43.2. The normalized spacial score (nSPS) is 12.1. The molecule has 0 spiro atoms. The van der Waals surface area contributed by atoms with Crippen molar-refractivity contribution in [1.82, 2.24) is 15.2 Å². The fourth-order valence-corrected chi connectivity index (χ4v) is 9.00. The highest BCUT2D eigenvalue weighted by Crippen LogP contribution is 2.21. The lowest BCUT2D eigenvalue weighted by Gasteiger charge is -2.25. The van der Waals surface area contributed by atoms with Gasteiger partial charge in [-0.25, -0.2) is 0 Å². The first-order valence-electron chi connectivity index (χ1n) is 28.0. The van der Waals surface area contributed by atoms with E-state index in [1.54, 1.807) is 18.5 Å². The van der Waals surface area contributed by atoms with Crippen LogP contribution in [0.5, 0.6) is 0 Å². The largest absolute Gasteiger partial charge is 0.465 e. The Morgan fingerprint density at radius 3 is 1.58 bits per heavy atom. The van der Waals surface area contributed by atoms with Crippen LogP contribution in [0.25, 0.3) is 0 Å². The number of hydrogen-bond donors (Lipinski definition) is 3. The zero-order valence-corrected chi connectivity index (χ0v) is 43.1. The number of aliphatic hydroxyl groups is 1. The molecule has 1 amide bonds. The minimum Gasteiger partial charge on any atom is -0.465 e. The van der Waals surface area contributed by atoms with Crippen molar-refractivity contribution in [3.8, 4) is 0 Å². The first-order chi connectivity index (χ1) is 31.8. The van der Waals surface area contributed by atoms with Crippen molar-refractivity contribution >= 4 is 17.8 Å². The molecule has 9 heteroatoms. The second-order valence-corrected chi connectivity index (χ2v) is 19.6. The molecule has 0 saturated heterocycles. The summed E-state index contributed by atoms with van der Waals surface area (Å²) in [6.07, 6.45) is 44.1. The molecule has 1 rings (SSSR count). The molecular formula is C56H105N3O6. The zero-order chi connectivity index (χ0) is 47.3. The molecule has 0 aliphatic rings. The Morgan fingerprint density at radius 2 is 1.03 bits per heavy atom. The van der Waals surface area contributed by atoms with Gasteiger partial charge in [-0.1, -0.05) is 169 Å². The van der Waals surface area contributed by atoms with Crippen LogP contribution in [0.4, 0.5) is 0 Å². The second-order valence-electron chi connectivity index (χ2n) is 19.6. The maximum atomic E-state index is 12.9. The summed E-state index contributed by atoms with van der Waals surface area (Å²) in [5, 5.41) is 14.0. The van der Waals surface area contributed by atoms with Crippen LogP contribution in [0.15, 0.2) is 18.5 Å². The molecule has 9 nitrogen and oxygen atoms in total. The number of H-pyrrole nitrogens is 1. The summed E-state index contributed by atoms with van der Waals surface area (Å²) >= 11 is 0. The van der Waals surface area contributed by atoms with Crippen molar-refractivity contribution < 1.29 is 29.0 Å². The highest BCUT2D eigenvalue weighted by molar-refractivity contribution is 5.93. The third-order valence-corrected chi connectivity index (χ3v) is 13.3. The number of unbranched alkanes of at least 4 members (excludes halogenated alkanes) is 23. The fraction of sp³-hybridized carbons (Fsp3) is 0.875. The smallest absolute Gasteiger partial charge is 0.306 e. The number of carbonyl (C=O) groups excluding carboxylic acids is 3. The predicted molar refractivity (Wildman–Crippen MR) is 273 cm³/mol. The Hall–Kier alpha value is -2.39. The van der Waals surface area contributed by atoms with Crippen molar-refractivity contribution in [1.29, 1.82) is 0 Å². The van der Waals surface area contributed by atoms with Gasteiger partial charge >= 0.3 is 11.9 Å². The van der Waals surface area contributed by atoms with Gasteiger partial charge in [-0.15, -0.1) is 0 Å². The molecule has 0 radical (unpaired) electrons. The Balaban J connectivity index is 2.51. The number of aromatic nitrogens is 1. The van der Waals surface area contributed by atoms with Crippen LogP contribution in [0.2, 0.25) is 0 Å². The van der Waals surface area contributed by atoms with Crippen molar-refractivity contribution in [2.75, 3.05) is 32.8 Å². The molecule has 0 fully saturated rings. The van der Waals surface area contributed by atoms with E-state index in [0.717, 1.165) is 103 Å². The lowest BCUT2D eigenvalue weighted by molar-refractivity contribution is -0.150. The van der Waals surface area contributed by atoms with Gasteiger partial charge in [0.15, 0.2) is 0 Å². The number of carbonyl (C=O) groups is 3. The number of aliphatic hydroxyl groups excluding tert-OH is 1. The lowest BCUT2D eigenvalue weighted by Crippen LogP contribution is -2.34. The molecule has 1 aromatic rings. The SMILES string of the molecule is CCCCCCCCC(CCCCCCCC)OC(=O)CCCCCCCN(CCCCCC(=O)OCC(CCCCCC)CCCCCC)CC(O)CCCCNC(=O)c1cc[nH]c1. The van der Waals surface area contributed by atoms with Gasteiger partial charge in [0.25, 0.3) is 5.91 Å². The molecule has 1 heterocycles. The van der Waals surface area contributed by atoms with Gasteiger partial charge in [-0.05, 0) is 109 Å². The number of hydrogen-bond acceptors (Lipinski definition) is 7. The van der Waals surface area contributed by atoms with Gasteiger partial charge in [0.2, 0.25) is 0 Å². The van der Waals surface area contributed by atoms with E-state index in [0.29, 0.717) is 50.4 Å². The first kappa shape index (κ1) is 60.6. The van der Waals surface area contributed by atoms with E-state index >= 15 is 0 Å². The Morgan fingerprint density at radius 1 is 0.569 bits per heavy atom. The van der Waals surface area contributed by atoms with Crippen molar-refractivity contribution in [2.45, 2.75) is 277 Å². The number of aromatic amines is 1. The minimum absolute atomic E-state index is 0.0109. The molecule has 0 saturated carbocycles. The van der Waals surface area contributed by atoms with Crippen LogP contribution in [0, 0.1) is 5.92 Å².